The van der Waals surface area contributed by atoms with Crippen LogP contribution in [0, 0.1) is 5.92 Å². The van der Waals surface area contributed by atoms with Gasteiger partial charge in [-0.25, -0.2) is 0 Å². The minimum absolute atomic E-state index is 0.0447. The van der Waals surface area contributed by atoms with Gasteiger partial charge in [0.05, 0.1) is 23.6 Å². The van der Waals surface area contributed by atoms with E-state index in [1.54, 1.807) is 16.8 Å². The summed E-state index contributed by atoms with van der Waals surface area (Å²) in [6.45, 7) is 3.53. The zero-order valence-corrected chi connectivity index (χ0v) is 12.6. The second-order valence-electron chi connectivity index (χ2n) is 5.32. The molecular formula is C14H22N2O3S. The molecule has 0 aromatic carbocycles. The van der Waals surface area contributed by atoms with Crippen LogP contribution in [-0.4, -0.2) is 34.8 Å². The molecule has 0 bridgehead atoms. The summed E-state index contributed by atoms with van der Waals surface area (Å²) >= 11 is 1.60. The van der Waals surface area contributed by atoms with Crippen molar-refractivity contribution in [3.63, 3.8) is 0 Å². The van der Waals surface area contributed by atoms with E-state index in [1.165, 1.54) is 0 Å². The molecule has 0 aliphatic heterocycles. The van der Waals surface area contributed by atoms with Crippen molar-refractivity contribution in [3.05, 3.63) is 16.6 Å². The molecule has 0 saturated heterocycles. The van der Waals surface area contributed by atoms with Gasteiger partial charge in [-0.3, -0.25) is 9.78 Å². The van der Waals surface area contributed by atoms with Gasteiger partial charge in [-0.1, -0.05) is 0 Å². The zero-order valence-electron chi connectivity index (χ0n) is 11.8. The van der Waals surface area contributed by atoms with E-state index >= 15 is 0 Å². The number of esters is 1. The summed E-state index contributed by atoms with van der Waals surface area (Å²) in [7, 11) is 0. The average molecular weight is 298 g/mol. The summed E-state index contributed by atoms with van der Waals surface area (Å²) in [6.07, 6.45) is 4.53. The van der Waals surface area contributed by atoms with Gasteiger partial charge in [-0.2, -0.15) is 0 Å². The molecule has 1 aromatic heterocycles. The largest absolute Gasteiger partial charge is 0.466 e. The van der Waals surface area contributed by atoms with E-state index < -0.39 is 5.60 Å². The molecule has 0 spiro atoms. The van der Waals surface area contributed by atoms with Gasteiger partial charge < -0.3 is 15.2 Å². The van der Waals surface area contributed by atoms with Crippen molar-refractivity contribution in [2.24, 2.45) is 5.92 Å². The Morgan fingerprint density at radius 3 is 2.95 bits per heavy atom. The molecule has 0 unspecified atom stereocenters. The number of ether oxygens (including phenoxy) is 1. The number of carbonyl (C=O) groups is 1. The van der Waals surface area contributed by atoms with E-state index in [9.17, 15) is 9.90 Å². The first-order valence-electron chi connectivity index (χ1n) is 7.10. The van der Waals surface area contributed by atoms with Gasteiger partial charge >= 0.3 is 5.97 Å². The molecule has 5 nitrogen and oxygen atoms in total. The van der Waals surface area contributed by atoms with Gasteiger partial charge in [-0.05, 0) is 32.6 Å². The summed E-state index contributed by atoms with van der Waals surface area (Å²) < 4.78 is 5.04. The van der Waals surface area contributed by atoms with Crippen LogP contribution in [0.4, 0.5) is 0 Å². The van der Waals surface area contributed by atoms with E-state index in [0.29, 0.717) is 38.8 Å². The first kappa shape index (κ1) is 15.4. The van der Waals surface area contributed by atoms with Gasteiger partial charge in [0.2, 0.25) is 0 Å². The third kappa shape index (κ3) is 4.26. The third-order valence-corrected chi connectivity index (χ3v) is 4.55. The summed E-state index contributed by atoms with van der Waals surface area (Å²) in [4.78, 5) is 16.8. The normalized spacial score (nSPS) is 26.4. The van der Waals surface area contributed by atoms with Crippen LogP contribution in [0.1, 0.15) is 37.5 Å². The quantitative estimate of drug-likeness (QED) is 0.782. The number of rotatable bonds is 6. The fraction of sp³-hybridized carbons (Fsp3) is 0.714. The van der Waals surface area contributed by atoms with E-state index in [0.717, 1.165) is 11.4 Å². The number of nitrogens with zero attached hydrogens (tertiary/aromatic N) is 1. The van der Waals surface area contributed by atoms with E-state index in [4.69, 9.17) is 4.74 Å². The van der Waals surface area contributed by atoms with Crippen LogP contribution in [0.3, 0.4) is 0 Å². The Morgan fingerprint density at radius 2 is 2.35 bits per heavy atom. The smallest absolute Gasteiger partial charge is 0.308 e. The number of hydrogen-bond acceptors (Lipinski definition) is 6. The van der Waals surface area contributed by atoms with Crippen LogP contribution < -0.4 is 5.32 Å². The lowest BCUT2D eigenvalue weighted by Crippen LogP contribution is -2.44. The highest BCUT2D eigenvalue weighted by Crippen LogP contribution is 2.32. The highest BCUT2D eigenvalue weighted by molar-refractivity contribution is 7.09. The minimum Gasteiger partial charge on any atom is -0.466 e. The fourth-order valence-corrected chi connectivity index (χ4v) is 3.14. The SMILES string of the molecule is CCOC(=O)C1CCC(O)(CNCc2cncs2)CC1. The van der Waals surface area contributed by atoms with Gasteiger partial charge in [0, 0.05) is 24.2 Å². The number of aliphatic hydroxyl groups is 1. The molecule has 1 fully saturated rings. The van der Waals surface area contributed by atoms with Crippen LogP contribution in [0.25, 0.3) is 0 Å². The van der Waals surface area contributed by atoms with Gasteiger partial charge in [0.15, 0.2) is 0 Å². The standard InChI is InChI=1S/C14H22N2O3S/c1-2-19-13(17)11-3-5-14(18,6-4-11)9-15-7-12-8-16-10-20-12/h8,10-11,15,18H,2-7,9H2,1H3. The molecule has 0 radical (unpaired) electrons. The maximum Gasteiger partial charge on any atom is 0.308 e. The molecule has 0 atom stereocenters. The highest BCUT2D eigenvalue weighted by Gasteiger charge is 2.35. The maximum absolute atomic E-state index is 11.7. The molecule has 2 rings (SSSR count). The van der Waals surface area contributed by atoms with Crippen LogP contribution in [0.2, 0.25) is 0 Å². The summed E-state index contributed by atoms with van der Waals surface area (Å²) in [6, 6.07) is 0. The molecule has 112 valence electrons. The number of carbonyl (C=O) groups excluding carboxylic acids is 1. The Hall–Kier alpha value is -0.980. The van der Waals surface area contributed by atoms with Gasteiger partial charge in [0.25, 0.3) is 0 Å². The lowest BCUT2D eigenvalue weighted by atomic mass is 9.79. The van der Waals surface area contributed by atoms with Gasteiger partial charge in [-0.15, -0.1) is 11.3 Å². The summed E-state index contributed by atoms with van der Waals surface area (Å²) in [5.41, 5.74) is 1.10. The molecule has 20 heavy (non-hydrogen) atoms. The Balaban J connectivity index is 1.72. The maximum atomic E-state index is 11.7. The first-order valence-corrected chi connectivity index (χ1v) is 7.98. The minimum atomic E-state index is -0.701. The highest BCUT2D eigenvalue weighted by atomic mass is 32.1. The van der Waals surface area contributed by atoms with E-state index in [-0.39, 0.29) is 11.9 Å². The van der Waals surface area contributed by atoms with Crippen molar-refractivity contribution < 1.29 is 14.6 Å². The van der Waals surface area contributed by atoms with Crippen molar-refractivity contribution in [3.8, 4) is 0 Å². The lowest BCUT2D eigenvalue weighted by molar-refractivity contribution is -0.151. The number of thiazole rings is 1. The molecule has 6 heteroatoms. The molecule has 1 aromatic rings. The second-order valence-corrected chi connectivity index (χ2v) is 6.29. The Labute approximate surface area is 123 Å². The van der Waals surface area contributed by atoms with E-state index in [1.807, 2.05) is 13.1 Å². The predicted molar refractivity (Wildman–Crippen MR) is 77.4 cm³/mol. The van der Waals surface area contributed by atoms with E-state index in [2.05, 4.69) is 10.3 Å². The summed E-state index contributed by atoms with van der Waals surface area (Å²) in [5.74, 6) is -0.163. The van der Waals surface area contributed by atoms with Crippen LogP contribution in [0.15, 0.2) is 11.7 Å². The molecule has 0 amide bonds. The van der Waals surface area contributed by atoms with Crippen molar-refractivity contribution in [1.29, 1.82) is 0 Å². The topological polar surface area (TPSA) is 71.5 Å². The molecule has 1 aliphatic rings. The predicted octanol–water partition coefficient (Wildman–Crippen LogP) is 1.72. The van der Waals surface area contributed by atoms with Crippen molar-refractivity contribution in [2.75, 3.05) is 13.2 Å². The average Bonchev–Trinajstić information content (AvgIpc) is 2.93. The fourth-order valence-electron chi connectivity index (χ4n) is 2.58. The van der Waals surface area contributed by atoms with Crippen molar-refractivity contribution in [2.45, 2.75) is 44.8 Å². The Morgan fingerprint density at radius 1 is 1.60 bits per heavy atom. The molecule has 1 heterocycles. The lowest BCUT2D eigenvalue weighted by Gasteiger charge is -2.35. The zero-order chi connectivity index (χ0) is 14.4. The van der Waals surface area contributed by atoms with Crippen molar-refractivity contribution >= 4 is 17.3 Å². The van der Waals surface area contributed by atoms with Crippen LogP contribution in [0.5, 0.6) is 0 Å². The van der Waals surface area contributed by atoms with Crippen LogP contribution in [-0.2, 0) is 16.1 Å². The monoisotopic (exact) mass is 298 g/mol. The molecular weight excluding hydrogens is 276 g/mol. The first-order chi connectivity index (χ1) is 9.63. The van der Waals surface area contributed by atoms with Gasteiger partial charge in [0.1, 0.15) is 0 Å². The number of aromatic nitrogens is 1. The molecule has 1 aliphatic carbocycles. The Kier molecular flexibility index (Phi) is 5.51. The molecule has 2 N–H and O–H groups in total. The Bertz CT molecular complexity index is 414. The molecule has 1 saturated carbocycles. The number of nitrogens with one attached hydrogen (secondary N) is 1. The number of hydrogen-bond donors (Lipinski definition) is 2. The van der Waals surface area contributed by atoms with Crippen LogP contribution >= 0.6 is 11.3 Å². The second kappa shape index (κ2) is 7.15. The third-order valence-electron chi connectivity index (χ3n) is 3.77. The van der Waals surface area contributed by atoms with Crippen molar-refractivity contribution in [1.82, 2.24) is 10.3 Å². The summed E-state index contributed by atoms with van der Waals surface area (Å²) in [5, 5.41) is 13.8.